The Kier molecular flexibility index (Phi) is 8.00. The van der Waals surface area contributed by atoms with Crippen molar-refractivity contribution in [2.24, 2.45) is 5.92 Å². The molecule has 4 nitrogen and oxygen atoms in total. The van der Waals surface area contributed by atoms with E-state index in [0.717, 1.165) is 24.8 Å². The van der Waals surface area contributed by atoms with Gasteiger partial charge in [-0.1, -0.05) is 41.4 Å². The van der Waals surface area contributed by atoms with Crippen LogP contribution in [0, 0.1) is 5.92 Å². The summed E-state index contributed by atoms with van der Waals surface area (Å²) in [5.41, 5.74) is 0.947. The molecule has 0 spiro atoms. The first kappa shape index (κ1) is 21.0. The van der Waals surface area contributed by atoms with Crippen molar-refractivity contribution in [3.8, 4) is 0 Å². The standard InChI is InChI=1S/C18H26Cl2NO3P/c1-13(15-7-8-17(19)18(20)9-15)21-10-16(22)12-25(23,24)11-14-5-3-2-4-6-14/h2-3,7-9,13-14,16,21-22H,4-6,10-12H2,1H3,(H,23,24)/t13?,14?,16-/m1/s1. The maximum atomic E-state index is 12.4. The van der Waals surface area contributed by atoms with E-state index < -0.39 is 13.5 Å². The van der Waals surface area contributed by atoms with E-state index in [1.54, 1.807) is 12.1 Å². The van der Waals surface area contributed by atoms with Gasteiger partial charge in [0, 0.05) is 18.7 Å². The third-order valence-electron chi connectivity index (χ3n) is 4.52. The van der Waals surface area contributed by atoms with Gasteiger partial charge < -0.3 is 15.3 Å². The smallest absolute Gasteiger partial charge is 0.203 e. The van der Waals surface area contributed by atoms with Crippen LogP contribution in [0.1, 0.15) is 37.8 Å². The molecular weight excluding hydrogens is 380 g/mol. The fourth-order valence-electron chi connectivity index (χ4n) is 3.11. The topological polar surface area (TPSA) is 69.6 Å². The molecule has 25 heavy (non-hydrogen) atoms. The summed E-state index contributed by atoms with van der Waals surface area (Å²) in [5, 5.41) is 14.3. The number of rotatable bonds is 8. The number of aliphatic hydroxyl groups excluding tert-OH is 1. The fourth-order valence-corrected chi connectivity index (χ4v) is 5.49. The van der Waals surface area contributed by atoms with E-state index in [2.05, 4.69) is 17.5 Å². The van der Waals surface area contributed by atoms with Gasteiger partial charge in [-0.15, -0.1) is 0 Å². The molecule has 0 aliphatic heterocycles. The zero-order chi connectivity index (χ0) is 18.4. The molecule has 1 aliphatic carbocycles. The van der Waals surface area contributed by atoms with Gasteiger partial charge in [-0.3, -0.25) is 4.57 Å². The summed E-state index contributed by atoms with van der Waals surface area (Å²) in [4.78, 5) is 10.2. The number of benzene rings is 1. The second-order valence-corrected chi connectivity index (χ2v) is 10.1. The molecule has 0 radical (unpaired) electrons. The molecule has 0 amide bonds. The Balaban J connectivity index is 1.80. The van der Waals surface area contributed by atoms with E-state index in [1.807, 2.05) is 13.0 Å². The molecule has 0 heterocycles. The van der Waals surface area contributed by atoms with E-state index in [4.69, 9.17) is 23.2 Å². The first-order chi connectivity index (χ1) is 11.8. The molecule has 0 saturated carbocycles. The van der Waals surface area contributed by atoms with Crippen LogP contribution in [0.25, 0.3) is 0 Å². The first-order valence-corrected chi connectivity index (χ1v) is 11.4. The predicted octanol–water partition coefficient (Wildman–Crippen LogP) is 4.63. The highest BCUT2D eigenvalue weighted by Crippen LogP contribution is 2.45. The minimum absolute atomic E-state index is 0.0500. The minimum atomic E-state index is -3.33. The van der Waals surface area contributed by atoms with Crippen LogP contribution < -0.4 is 5.32 Å². The van der Waals surface area contributed by atoms with Gasteiger partial charge in [0.15, 0.2) is 0 Å². The number of aliphatic hydroxyl groups is 1. The van der Waals surface area contributed by atoms with E-state index in [9.17, 15) is 14.6 Å². The van der Waals surface area contributed by atoms with Crippen molar-refractivity contribution < 1.29 is 14.6 Å². The van der Waals surface area contributed by atoms with Crippen molar-refractivity contribution in [3.63, 3.8) is 0 Å². The lowest BCUT2D eigenvalue weighted by molar-refractivity contribution is 0.186. The summed E-state index contributed by atoms with van der Waals surface area (Å²) < 4.78 is 12.4. The molecular formula is C18H26Cl2NO3P. The Hall–Kier alpha value is -0.350. The molecule has 1 aromatic rings. The summed E-state index contributed by atoms with van der Waals surface area (Å²) in [7, 11) is -3.33. The lowest BCUT2D eigenvalue weighted by atomic mass is 9.96. The SMILES string of the molecule is CC(NC[C@@H](O)CP(=O)(O)CC1CC=CCC1)c1ccc(Cl)c(Cl)c1. The van der Waals surface area contributed by atoms with Gasteiger partial charge in [0.1, 0.15) is 0 Å². The van der Waals surface area contributed by atoms with Gasteiger partial charge in [-0.2, -0.15) is 0 Å². The second kappa shape index (κ2) is 9.55. The fraction of sp³-hybridized carbons (Fsp3) is 0.556. The van der Waals surface area contributed by atoms with Gasteiger partial charge in [0.2, 0.25) is 7.37 Å². The van der Waals surface area contributed by atoms with Crippen LogP contribution in [-0.4, -0.2) is 35.0 Å². The normalized spacial score (nSPS) is 22.4. The van der Waals surface area contributed by atoms with Crippen LogP contribution >= 0.6 is 30.6 Å². The summed E-state index contributed by atoms with van der Waals surface area (Å²) in [6.45, 7) is 2.19. The lowest BCUT2D eigenvalue weighted by Gasteiger charge is -2.23. The van der Waals surface area contributed by atoms with Crippen molar-refractivity contribution in [3.05, 3.63) is 46.0 Å². The van der Waals surface area contributed by atoms with Crippen molar-refractivity contribution in [2.45, 2.75) is 38.3 Å². The van der Waals surface area contributed by atoms with Gasteiger partial charge in [0.25, 0.3) is 0 Å². The molecule has 2 rings (SSSR count). The molecule has 3 N–H and O–H groups in total. The van der Waals surface area contributed by atoms with E-state index in [0.29, 0.717) is 10.0 Å². The van der Waals surface area contributed by atoms with Gasteiger partial charge in [-0.05, 0) is 49.8 Å². The van der Waals surface area contributed by atoms with E-state index >= 15 is 0 Å². The van der Waals surface area contributed by atoms with Crippen LogP contribution in [0.15, 0.2) is 30.4 Å². The van der Waals surface area contributed by atoms with Crippen LogP contribution in [-0.2, 0) is 4.57 Å². The minimum Gasteiger partial charge on any atom is -0.391 e. The summed E-state index contributed by atoms with van der Waals surface area (Å²) in [6.07, 6.45) is 6.31. The van der Waals surface area contributed by atoms with Gasteiger partial charge in [0.05, 0.1) is 22.3 Å². The van der Waals surface area contributed by atoms with E-state index in [-0.39, 0.29) is 30.8 Å². The molecule has 0 fully saturated rings. The molecule has 4 atom stereocenters. The monoisotopic (exact) mass is 405 g/mol. The number of halogens is 2. The van der Waals surface area contributed by atoms with Crippen molar-refractivity contribution in [1.82, 2.24) is 5.32 Å². The Bertz CT molecular complexity index is 653. The first-order valence-electron chi connectivity index (χ1n) is 8.59. The largest absolute Gasteiger partial charge is 0.391 e. The Labute approximate surface area is 159 Å². The molecule has 1 aromatic carbocycles. The quantitative estimate of drug-likeness (QED) is 0.435. The Morgan fingerprint density at radius 1 is 1.32 bits per heavy atom. The summed E-state index contributed by atoms with van der Waals surface area (Å²) >= 11 is 11.9. The van der Waals surface area contributed by atoms with Gasteiger partial charge >= 0.3 is 0 Å². The van der Waals surface area contributed by atoms with Crippen LogP contribution in [0.5, 0.6) is 0 Å². The van der Waals surface area contributed by atoms with Crippen LogP contribution in [0.2, 0.25) is 10.0 Å². The second-order valence-electron chi connectivity index (χ2n) is 6.82. The summed E-state index contributed by atoms with van der Waals surface area (Å²) in [6, 6.07) is 5.33. The van der Waals surface area contributed by atoms with Crippen molar-refractivity contribution in [2.75, 3.05) is 18.9 Å². The average Bonchev–Trinajstić information content (AvgIpc) is 2.55. The van der Waals surface area contributed by atoms with Crippen molar-refractivity contribution in [1.29, 1.82) is 0 Å². The molecule has 140 valence electrons. The van der Waals surface area contributed by atoms with E-state index in [1.165, 1.54) is 0 Å². The summed E-state index contributed by atoms with van der Waals surface area (Å²) in [5.74, 6) is 0.246. The molecule has 1 aliphatic rings. The van der Waals surface area contributed by atoms with Crippen LogP contribution in [0.4, 0.5) is 0 Å². The highest BCUT2D eigenvalue weighted by molar-refractivity contribution is 7.58. The Morgan fingerprint density at radius 3 is 2.72 bits per heavy atom. The lowest BCUT2D eigenvalue weighted by Crippen LogP contribution is -2.32. The zero-order valence-corrected chi connectivity index (χ0v) is 16.8. The molecule has 0 aromatic heterocycles. The Morgan fingerprint density at radius 2 is 2.08 bits per heavy atom. The number of hydrogen-bond acceptors (Lipinski definition) is 3. The highest BCUT2D eigenvalue weighted by atomic mass is 35.5. The predicted molar refractivity (Wildman–Crippen MR) is 105 cm³/mol. The maximum Gasteiger partial charge on any atom is 0.203 e. The van der Waals surface area contributed by atoms with Gasteiger partial charge in [-0.25, -0.2) is 0 Å². The highest BCUT2D eigenvalue weighted by Gasteiger charge is 2.27. The molecule has 0 bridgehead atoms. The molecule has 7 heteroatoms. The zero-order valence-electron chi connectivity index (χ0n) is 14.4. The molecule has 0 saturated heterocycles. The number of allylic oxidation sites excluding steroid dienone is 2. The third kappa shape index (κ3) is 7.05. The number of hydrogen-bond donors (Lipinski definition) is 3. The maximum absolute atomic E-state index is 12.4. The van der Waals surface area contributed by atoms with Crippen molar-refractivity contribution >= 4 is 30.6 Å². The number of nitrogens with one attached hydrogen (secondary N) is 1. The third-order valence-corrected chi connectivity index (χ3v) is 7.34. The van der Waals surface area contributed by atoms with Crippen LogP contribution in [0.3, 0.4) is 0 Å². The molecule has 3 unspecified atom stereocenters. The average molecular weight is 406 g/mol.